The summed E-state index contributed by atoms with van der Waals surface area (Å²) in [6.45, 7) is -2.91. The van der Waals surface area contributed by atoms with E-state index in [0.717, 1.165) is 11.1 Å². The van der Waals surface area contributed by atoms with Crippen molar-refractivity contribution in [3.05, 3.63) is 48.4 Å². The van der Waals surface area contributed by atoms with Crippen molar-refractivity contribution in [3.8, 4) is 11.4 Å². The predicted molar refractivity (Wildman–Crippen MR) is 88.7 cm³/mol. The van der Waals surface area contributed by atoms with Gasteiger partial charge in [-0.05, 0) is 12.1 Å². The maximum absolute atomic E-state index is 12.9. The van der Waals surface area contributed by atoms with Crippen LogP contribution in [-0.2, 0) is 6.54 Å². The van der Waals surface area contributed by atoms with Gasteiger partial charge in [0.1, 0.15) is 5.82 Å². The second-order valence-electron chi connectivity index (χ2n) is 5.65. The minimum absolute atomic E-state index is 0.0210. The van der Waals surface area contributed by atoms with Crippen LogP contribution in [0.25, 0.3) is 11.4 Å². The summed E-state index contributed by atoms with van der Waals surface area (Å²) >= 11 is 0. The quantitative estimate of drug-likeness (QED) is 0.636. The van der Waals surface area contributed by atoms with Gasteiger partial charge < -0.3 is 14.7 Å². The molecule has 0 aliphatic carbocycles. The van der Waals surface area contributed by atoms with Gasteiger partial charge in [0.15, 0.2) is 0 Å². The average Bonchev–Trinajstić information content (AvgIpc) is 3.31. The third-order valence-corrected chi connectivity index (χ3v) is 3.68. The molecule has 0 saturated carbocycles. The number of benzene rings is 1. The van der Waals surface area contributed by atoms with Gasteiger partial charge in [-0.3, -0.25) is 4.57 Å². The fraction of sp³-hybridized carbons (Fsp3) is 0.250. The molecule has 2 amide bonds. The van der Waals surface area contributed by atoms with E-state index in [0.29, 0.717) is 15.8 Å². The Morgan fingerprint density at radius 2 is 2.11 bits per heavy atom. The number of rotatable bonds is 6. The minimum atomic E-state index is -2.89. The first-order valence-corrected chi connectivity index (χ1v) is 7.89. The molecule has 0 saturated heterocycles. The first kappa shape index (κ1) is 19.3. The van der Waals surface area contributed by atoms with Gasteiger partial charge in [0.05, 0.1) is 6.54 Å². The summed E-state index contributed by atoms with van der Waals surface area (Å²) in [6.07, 6.45) is -0.554. The zero-order valence-electron chi connectivity index (χ0n) is 14.4. The summed E-state index contributed by atoms with van der Waals surface area (Å²) < 4.78 is 55.9. The van der Waals surface area contributed by atoms with E-state index in [2.05, 4.69) is 25.0 Å². The van der Waals surface area contributed by atoms with Crippen LogP contribution < -0.4 is 5.32 Å². The molecule has 0 aliphatic heterocycles. The first-order chi connectivity index (χ1) is 13.3. The first-order valence-electron chi connectivity index (χ1n) is 7.89. The molecule has 0 atom stereocenters. The van der Waals surface area contributed by atoms with Crippen LogP contribution in [0.1, 0.15) is 24.7 Å². The molecule has 148 valence electrons. The molecule has 0 spiro atoms. The number of amides is 2. The van der Waals surface area contributed by atoms with Crippen LogP contribution in [0.4, 0.5) is 28.0 Å². The number of nitrogens with one attached hydrogen (secondary N) is 1. The largest absolute Gasteiger partial charge is 0.333 e. The summed E-state index contributed by atoms with van der Waals surface area (Å²) in [5.74, 6) is -0.842. The molecular weight excluding hydrogens is 384 g/mol. The van der Waals surface area contributed by atoms with Crippen molar-refractivity contribution in [2.45, 2.75) is 19.5 Å². The van der Waals surface area contributed by atoms with Crippen molar-refractivity contribution in [3.63, 3.8) is 0 Å². The molecule has 1 aromatic carbocycles. The van der Waals surface area contributed by atoms with Crippen molar-refractivity contribution in [1.82, 2.24) is 24.6 Å². The van der Waals surface area contributed by atoms with Gasteiger partial charge in [0.25, 0.3) is 5.89 Å². The molecule has 28 heavy (non-hydrogen) atoms. The van der Waals surface area contributed by atoms with Gasteiger partial charge in [-0.25, -0.2) is 9.78 Å². The van der Waals surface area contributed by atoms with E-state index in [4.69, 9.17) is 0 Å². The SMILES string of the molecule is CN(Cc1nccn1C(F)F)C(=O)Nc1cccc(-c2noc(C(F)F)n2)c1. The summed E-state index contributed by atoms with van der Waals surface area (Å²) in [7, 11) is 1.41. The van der Waals surface area contributed by atoms with Gasteiger partial charge in [0, 0.05) is 30.7 Å². The van der Waals surface area contributed by atoms with Crippen molar-refractivity contribution in [2.75, 3.05) is 12.4 Å². The highest BCUT2D eigenvalue weighted by Gasteiger charge is 2.19. The summed E-state index contributed by atoms with van der Waals surface area (Å²) in [6, 6.07) is 5.56. The topological polar surface area (TPSA) is 89.1 Å². The van der Waals surface area contributed by atoms with E-state index in [-0.39, 0.29) is 18.2 Å². The van der Waals surface area contributed by atoms with Gasteiger partial charge in [0.2, 0.25) is 5.82 Å². The van der Waals surface area contributed by atoms with Crippen LogP contribution in [0.3, 0.4) is 0 Å². The molecule has 2 aromatic heterocycles. The monoisotopic (exact) mass is 398 g/mol. The Morgan fingerprint density at radius 1 is 1.32 bits per heavy atom. The molecule has 1 N–H and O–H groups in total. The minimum Gasteiger partial charge on any atom is -0.333 e. The standard InChI is InChI=1S/C16H14F4N6O2/c1-25(8-11-21-5-6-26(11)15(19)20)16(27)22-10-4-2-3-9(7-10)13-23-14(12(17)18)28-24-13/h2-7,12,15H,8H2,1H3,(H,22,27). The van der Waals surface area contributed by atoms with E-state index in [1.165, 1.54) is 19.3 Å². The number of nitrogens with zero attached hydrogens (tertiary/aromatic N) is 5. The van der Waals surface area contributed by atoms with Crippen LogP contribution in [-0.4, -0.2) is 37.7 Å². The highest BCUT2D eigenvalue weighted by molar-refractivity contribution is 5.89. The Kier molecular flexibility index (Phi) is 5.57. The Balaban J connectivity index is 1.69. The van der Waals surface area contributed by atoms with E-state index < -0.39 is 24.9 Å². The molecule has 3 rings (SSSR count). The Morgan fingerprint density at radius 3 is 2.79 bits per heavy atom. The molecule has 0 aliphatic rings. The molecule has 12 heteroatoms. The highest BCUT2D eigenvalue weighted by Crippen LogP contribution is 2.24. The van der Waals surface area contributed by atoms with Crippen molar-refractivity contribution in [1.29, 1.82) is 0 Å². The van der Waals surface area contributed by atoms with Gasteiger partial charge in [-0.1, -0.05) is 17.3 Å². The number of halogens is 4. The Bertz CT molecular complexity index is 958. The second-order valence-corrected chi connectivity index (χ2v) is 5.65. The zero-order valence-corrected chi connectivity index (χ0v) is 14.4. The maximum atomic E-state index is 12.9. The fourth-order valence-corrected chi connectivity index (χ4v) is 2.32. The molecule has 0 unspecified atom stereocenters. The zero-order chi connectivity index (χ0) is 20.3. The summed E-state index contributed by atoms with van der Waals surface area (Å²) in [4.78, 5) is 20.9. The number of imidazole rings is 1. The molecule has 0 bridgehead atoms. The van der Waals surface area contributed by atoms with Crippen molar-refractivity contribution >= 4 is 11.7 Å². The molecular formula is C16H14F4N6O2. The Hall–Kier alpha value is -3.44. The number of alkyl halides is 4. The maximum Gasteiger partial charge on any atom is 0.321 e. The van der Waals surface area contributed by atoms with E-state index in [1.54, 1.807) is 18.2 Å². The summed E-state index contributed by atoms with van der Waals surface area (Å²) in [5, 5.41) is 6.04. The van der Waals surface area contributed by atoms with Crippen LogP contribution in [0.2, 0.25) is 0 Å². The third kappa shape index (κ3) is 4.27. The molecule has 8 nitrogen and oxygen atoms in total. The lowest BCUT2D eigenvalue weighted by Crippen LogP contribution is -2.32. The van der Waals surface area contributed by atoms with Gasteiger partial charge >= 0.3 is 19.0 Å². The second kappa shape index (κ2) is 8.06. The van der Waals surface area contributed by atoms with Crippen LogP contribution >= 0.6 is 0 Å². The number of aromatic nitrogens is 4. The number of carbonyl (C=O) groups is 1. The van der Waals surface area contributed by atoms with Crippen LogP contribution in [0.15, 0.2) is 41.2 Å². The average molecular weight is 398 g/mol. The normalized spacial score (nSPS) is 11.2. The van der Waals surface area contributed by atoms with Crippen molar-refractivity contribution in [2.24, 2.45) is 0 Å². The van der Waals surface area contributed by atoms with E-state index in [1.807, 2.05) is 0 Å². The third-order valence-electron chi connectivity index (χ3n) is 3.68. The lowest BCUT2D eigenvalue weighted by molar-refractivity contribution is 0.0652. The number of anilines is 1. The molecule has 0 fully saturated rings. The van der Waals surface area contributed by atoms with Gasteiger partial charge in [-0.2, -0.15) is 22.5 Å². The number of hydrogen-bond donors (Lipinski definition) is 1. The van der Waals surface area contributed by atoms with Crippen molar-refractivity contribution < 1.29 is 26.9 Å². The molecule has 2 heterocycles. The van der Waals surface area contributed by atoms with Crippen LogP contribution in [0.5, 0.6) is 0 Å². The highest BCUT2D eigenvalue weighted by atomic mass is 19.3. The summed E-state index contributed by atoms with van der Waals surface area (Å²) in [5.41, 5.74) is 0.680. The number of carbonyl (C=O) groups excluding carboxylic acids is 1. The number of hydrogen-bond acceptors (Lipinski definition) is 5. The van der Waals surface area contributed by atoms with E-state index in [9.17, 15) is 22.4 Å². The van der Waals surface area contributed by atoms with Crippen LogP contribution in [0, 0.1) is 0 Å². The fourth-order valence-electron chi connectivity index (χ4n) is 2.32. The Labute approximate surface area is 155 Å². The predicted octanol–water partition coefficient (Wildman–Crippen LogP) is 3.93. The molecule has 3 aromatic rings. The lowest BCUT2D eigenvalue weighted by atomic mass is 10.2. The van der Waals surface area contributed by atoms with Gasteiger partial charge in [-0.15, -0.1) is 0 Å². The smallest absolute Gasteiger partial charge is 0.321 e. The van der Waals surface area contributed by atoms with E-state index >= 15 is 0 Å². The number of urea groups is 1. The lowest BCUT2D eigenvalue weighted by Gasteiger charge is -2.18. The molecule has 0 radical (unpaired) electrons.